The normalized spacial score (nSPS) is 10.8. The van der Waals surface area contributed by atoms with Crippen LogP contribution in [0.1, 0.15) is 12.5 Å². The van der Waals surface area contributed by atoms with Crippen molar-refractivity contribution in [3.8, 4) is 22.8 Å². The van der Waals surface area contributed by atoms with E-state index in [1.807, 2.05) is 59.2 Å². The van der Waals surface area contributed by atoms with E-state index in [2.05, 4.69) is 38.4 Å². The molecule has 8 heteroatoms. The highest BCUT2D eigenvalue weighted by atomic mass is 79.9. The molecule has 32 heavy (non-hydrogen) atoms. The minimum Gasteiger partial charge on any atom is -0.507 e. The first kappa shape index (κ1) is 22.1. The van der Waals surface area contributed by atoms with E-state index in [9.17, 15) is 9.90 Å². The number of rotatable bonds is 7. The molecule has 0 saturated heterocycles. The number of aromatic nitrogens is 3. The third kappa shape index (κ3) is 5.03. The standard InChI is InChI=1S/C24H21BrN4O2S/c1-2-16-8-11-18(12-9-16)26-22(31)15-32-24-28-27-23(20-14-17(25)10-13-21(20)30)29(24)19-6-4-3-5-7-19/h3-14,30H,2,15H2,1H3,(H,26,31). The molecule has 0 spiro atoms. The number of hydrogen-bond donors (Lipinski definition) is 2. The minimum atomic E-state index is -0.131. The van der Waals surface area contributed by atoms with Crippen molar-refractivity contribution in [1.29, 1.82) is 0 Å². The number of carbonyl (C=O) groups excluding carboxylic acids is 1. The molecule has 1 amide bonds. The Labute approximate surface area is 198 Å². The summed E-state index contributed by atoms with van der Waals surface area (Å²) in [6.07, 6.45) is 0.953. The summed E-state index contributed by atoms with van der Waals surface area (Å²) >= 11 is 4.73. The van der Waals surface area contributed by atoms with Gasteiger partial charge in [-0.1, -0.05) is 64.9 Å². The third-order valence-electron chi connectivity index (χ3n) is 4.83. The number of phenolic OH excluding ortho intramolecular Hbond substituents is 1. The van der Waals surface area contributed by atoms with Gasteiger partial charge in [-0.25, -0.2) is 0 Å². The number of nitrogens with zero attached hydrogens (tertiary/aromatic N) is 3. The van der Waals surface area contributed by atoms with E-state index in [0.717, 1.165) is 22.3 Å². The average molecular weight is 509 g/mol. The van der Waals surface area contributed by atoms with E-state index in [0.29, 0.717) is 16.5 Å². The van der Waals surface area contributed by atoms with Crippen molar-refractivity contribution in [3.63, 3.8) is 0 Å². The van der Waals surface area contributed by atoms with Crippen LogP contribution in [-0.2, 0) is 11.2 Å². The molecule has 0 atom stereocenters. The molecule has 1 heterocycles. The lowest BCUT2D eigenvalue weighted by Crippen LogP contribution is -2.14. The molecule has 0 radical (unpaired) electrons. The van der Waals surface area contributed by atoms with Crippen molar-refractivity contribution in [2.45, 2.75) is 18.5 Å². The van der Waals surface area contributed by atoms with Gasteiger partial charge in [0.1, 0.15) is 5.75 Å². The Morgan fingerprint density at radius 3 is 2.53 bits per heavy atom. The van der Waals surface area contributed by atoms with Gasteiger partial charge in [0, 0.05) is 15.8 Å². The van der Waals surface area contributed by atoms with E-state index in [1.165, 1.54) is 17.3 Å². The average Bonchev–Trinajstić information content (AvgIpc) is 3.24. The molecule has 4 aromatic rings. The zero-order valence-corrected chi connectivity index (χ0v) is 19.7. The minimum absolute atomic E-state index is 0.0996. The summed E-state index contributed by atoms with van der Waals surface area (Å²) in [6.45, 7) is 2.09. The number of benzene rings is 3. The molecular formula is C24H21BrN4O2S. The van der Waals surface area contributed by atoms with E-state index in [4.69, 9.17) is 0 Å². The number of thioether (sulfide) groups is 1. The van der Waals surface area contributed by atoms with Crippen LogP contribution < -0.4 is 5.32 Å². The van der Waals surface area contributed by atoms with Gasteiger partial charge in [-0.15, -0.1) is 10.2 Å². The van der Waals surface area contributed by atoms with Gasteiger partial charge in [0.2, 0.25) is 5.91 Å². The van der Waals surface area contributed by atoms with Gasteiger partial charge in [-0.3, -0.25) is 9.36 Å². The molecule has 162 valence electrons. The van der Waals surface area contributed by atoms with Crippen molar-refractivity contribution in [3.05, 3.63) is 82.8 Å². The predicted molar refractivity (Wildman–Crippen MR) is 131 cm³/mol. The number of carbonyl (C=O) groups is 1. The highest BCUT2D eigenvalue weighted by Crippen LogP contribution is 2.34. The molecule has 2 N–H and O–H groups in total. The number of amides is 1. The molecule has 0 aliphatic rings. The van der Waals surface area contributed by atoms with Crippen LogP contribution in [0.25, 0.3) is 17.1 Å². The van der Waals surface area contributed by atoms with Gasteiger partial charge in [0.05, 0.1) is 11.3 Å². The zero-order chi connectivity index (χ0) is 22.5. The summed E-state index contributed by atoms with van der Waals surface area (Å²) in [5.74, 6) is 0.634. The van der Waals surface area contributed by atoms with Crippen LogP contribution in [-0.4, -0.2) is 31.5 Å². The third-order valence-corrected chi connectivity index (χ3v) is 6.25. The number of aromatic hydroxyl groups is 1. The zero-order valence-electron chi connectivity index (χ0n) is 17.3. The van der Waals surface area contributed by atoms with Gasteiger partial charge in [0.15, 0.2) is 11.0 Å². The van der Waals surface area contributed by atoms with E-state index < -0.39 is 0 Å². The Balaban J connectivity index is 1.59. The summed E-state index contributed by atoms with van der Waals surface area (Å²) in [4.78, 5) is 12.5. The fraction of sp³-hybridized carbons (Fsp3) is 0.125. The SMILES string of the molecule is CCc1ccc(NC(=O)CSc2nnc(-c3cc(Br)ccc3O)n2-c2ccccc2)cc1. The summed E-state index contributed by atoms with van der Waals surface area (Å²) < 4.78 is 2.66. The Kier molecular flexibility index (Phi) is 6.92. The fourth-order valence-corrected chi connectivity index (χ4v) is 4.30. The van der Waals surface area contributed by atoms with E-state index in [1.54, 1.807) is 18.2 Å². The Hall–Kier alpha value is -3.10. The van der Waals surface area contributed by atoms with Gasteiger partial charge in [-0.2, -0.15) is 0 Å². The first-order valence-corrected chi connectivity index (χ1v) is 11.8. The molecule has 0 bridgehead atoms. The summed E-state index contributed by atoms with van der Waals surface area (Å²) in [5.41, 5.74) is 3.36. The molecule has 6 nitrogen and oxygen atoms in total. The highest BCUT2D eigenvalue weighted by molar-refractivity contribution is 9.10. The van der Waals surface area contributed by atoms with Crippen LogP contribution in [0.5, 0.6) is 5.75 Å². The predicted octanol–water partition coefficient (Wildman–Crippen LogP) is 5.70. The highest BCUT2D eigenvalue weighted by Gasteiger charge is 2.19. The quantitative estimate of drug-likeness (QED) is 0.313. The van der Waals surface area contributed by atoms with Crippen LogP contribution >= 0.6 is 27.7 Å². The van der Waals surface area contributed by atoms with Crippen LogP contribution in [0.3, 0.4) is 0 Å². The maximum absolute atomic E-state index is 12.5. The topological polar surface area (TPSA) is 80.0 Å². The lowest BCUT2D eigenvalue weighted by molar-refractivity contribution is -0.113. The van der Waals surface area contributed by atoms with Crippen molar-refractivity contribution in [1.82, 2.24) is 14.8 Å². The largest absolute Gasteiger partial charge is 0.507 e. The number of hydrogen-bond acceptors (Lipinski definition) is 5. The number of aryl methyl sites for hydroxylation is 1. The van der Waals surface area contributed by atoms with E-state index >= 15 is 0 Å². The van der Waals surface area contributed by atoms with Crippen molar-refractivity contribution >= 4 is 39.3 Å². The molecule has 0 saturated carbocycles. The lowest BCUT2D eigenvalue weighted by atomic mass is 10.1. The number of anilines is 1. The Bertz CT molecular complexity index is 1230. The maximum Gasteiger partial charge on any atom is 0.234 e. The van der Waals surface area contributed by atoms with Crippen LogP contribution in [0, 0.1) is 0 Å². The number of halogens is 1. The van der Waals surface area contributed by atoms with Gasteiger partial charge in [-0.05, 0) is 54.4 Å². The first-order valence-electron chi connectivity index (χ1n) is 10.1. The fourth-order valence-electron chi connectivity index (χ4n) is 3.19. The van der Waals surface area contributed by atoms with Gasteiger partial charge >= 0.3 is 0 Å². The van der Waals surface area contributed by atoms with Crippen molar-refractivity contribution in [2.75, 3.05) is 11.1 Å². The first-order chi connectivity index (χ1) is 15.5. The molecule has 0 unspecified atom stereocenters. The molecule has 0 aliphatic carbocycles. The monoisotopic (exact) mass is 508 g/mol. The maximum atomic E-state index is 12.5. The molecule has 0 fully saturated rings. The number of phenols is 1. The van der Waals surface area contributed by atoms with Crippen LogP contribution in [0.15, 0.2) is 82.4 Å². The number of para-hydroxylation sites is 1. The molecule has 4 rings (SSSR count). The molecular weight excluding hydrogens is 488 g/mol. The van der Waals surface area contributed by atoms with Crippen LogP contribution in [0.2, 0.25) is 0 Å². The second kappa shape index (κ2) is 10.0. The van der Waals surface area contributed by atoms with E-state index in [-0.39, 0.29) is 17.4 Å². The summed E-state index contributed by atoms with van der Waals surface area (Å²) in [5, 5.41) is 22.5. The summed E-state index contributed by atoms with van der Waals surface area (Å²) in [7, 11) is 0. The lowest BCUT2D eigenvalue weighted by Gasteiger charge is -2.11. The molecule has 0 aliphatic heterocycles. The second-order valence-corrected chi connectivity index (χ2v) is 8.88. The molecule has 1 aromatic heterocycles. The van der Waals surface area contributed by atoms with Gasteiger partial charge in [0.25, 0.3) is 0 Å². The Morgan fingerprint density at radius 1 is 1.06 bits per heavy atom. The van der Waals surface area contributed by atoms with Gasteiger partial charge < -0.3 is 10.4 Å². The Morgan fingerprint density at radius 2 is 1.81 bits per heavy atom. The number of nitrogens with one attached hydrogen (secondary N) is 1. The van der Waals surface area contributed by atoms with Crippen LogP contribution in [0.4, 0.5) is 5.69 Å². The van der Waals surface area contributed by atoms with Crippen molar-refractivity contribution in [2.24, 2.45) is 0 Å². The second-order valence-electron chi connectivity index (χ2n) is 7.03. The molecule has 3 aromatic carbocycles. The van der Waals surface area contributed by atoms with Crippen molar-refractivity contribution < 1.29 is 9.90 Å². The summed E-state index contributed by atoms with van der Waals surface area (Å²) in [6, 6.07) is 22.6. The smallest absolute Gasteiger partial charge is 0.234 e.